The minimum atomic E-state index is -1.14. The monoisotopic (exact) mass is 330 g/mol. The second-order valence-corrected chi connectivity index (χ2v) is 6.04. The van der Waals surface area contributed by atoms with Gasteiger partial charge in [0, 0.05) is 0 Å². The lowest BCUT2D eigenvalue weighted by molar-refractivity contribution is 0.0696. The molecule has 0 fully saturated rings. The van der Waals surface area contributed by atoms with E-state index in [2.05, 4.69) is 12.1 Å². The maximum absolute atomic E-state index is 11.7. The molecule has 122 valence electrons. The van der Waals surface area contributed by atoms with Crippen LogP contribution in [0.5, 0.6) is 0 Å². The maximum Gasteiger partial charge on any atom is 0.336 e. The summed E-state index contributed by atoms with van der Waals surface area (Å²) < 4.78 is 0. The Balaban J connectivity index is 1.93. The van der Waals surface area contributed by atoms with Crippen LogP contribution in [0, 0.1) is 0 Å². The molecule has 0 radical (unpaired) electrons. The molecular formula is C21H14O4. The Labute approximate surface area is 144 Å². The van der Waals surface area contributed by atoms with E-state index >= 15 is 0 Å². The predicted molar refractivity (Wildman–Crippen MR) is 94.0 cm³/mol. The molecule has 0 aliphatic heterocycles. The lowest BCUT2D eigenvalue weighted by Gasteiger charge is -2.12. The SMILES string of the molecule is O=C(O)c1ccc(-c2cccc3c2Cc2ccccc2-3)c(C(=O)O)c1. The Morgan fingerprint density at radius 1 is 0.720 bits per heavy atom. The van der Waals surface area contributed by atoms with Gasteiger partial charge in [-0.25, -0.2) is 9.59 Å². The summed E-state index contributed by atoms with van der Waals surface area (Å²) in [6.07, 6.45) is 0.738. The van der Waals surface area contributed by atoms with Gasteiger partial charge in [0.2, 0.25) is 0 Å². The van der Waals surface area contributed by atoms with Gasteiger partial charge >= 0.3 is 11.9 Å². The van der Waals surface area contributed by atoms with Gasteiger partial charge < -0.3 is 10.2 Å². The first-order valence-corrected chi connectivity index (χ1v) is 7.87. The third-order valence-corrected chi connectivity index (χ3v) is 4.64. The molecule has 25 heavy (non-hydrogen) atoms. The van der Waals surface area contributed by atoms with Crippen LogP contribution in [0.2, 0.25) is 0 Å². The Bertz CT molecular complexity index is 1030. The normalized spacial score (nSPS) is 11.7. The van der Waals surface area contributed by atoms with Crippen molar-refractivity contribution in [2.75, 3.05) is 0 Å². The van der Waals surface area contributed by atoms with Crippen LogP contribution in [0.3, 0.4) is 0 Å². The molecule has 0 bridgehead atoms. The van der Waals surface area contributed by atoms with Crippen LogP contribution in [0.4, 0.5) is 0 Å². The molecule has 0 saturated heterocycles. The van der Waals surface area contributed by atoms with Crippen LogP contribution < -0.4 is 0 Å². The van der Waals surface area contributed by atoms with E-state index in [1.807, 2.05) is 30.3 Å². The highest BCUT2D eigenvalue weighted by molar-refractivity contribution is 6.01. The van der Waals surface area contributed by atoms with Gasteiger partial charge in [-0.2, -0.15) is 0 Å². The molecular weight excluding hydrogens is 316 g/mol. The summed E-state index contributed by atoms with van der Waals surface area (Å²) in [5.74, 6) is -2.27. The van der Waals surface area contributed by atoms with Crippen LogP contribution in [0.15, 0.2) is 60.7 Å². The summed E-state index contributed by atoms with van der Waals surface area (Å²) in [4.78, 5) is 22.9. The van der Waals surface area contributed by atoms with Crippen molar-refractivity contribution in [3.8, 4) is 22.3 Å². The molecule has 0 saturated carbocycles. The second-order valence-electron chi connectivity index (χ2n) is 6.04. The Kier molecular flexibility index (Phi) is 3.39. The lowest BCUT2D eigenvalue weighted by atomic mass is 9.91. The summed E-state index contributed by atoms with van der Waals surface area (Å²) in [6, 6.07) is 18.2. The van der Waals surface area contributed by atoms with Crippen molar-refractivity contribution in [3.05, 3.63) is 82.9 Å². The van der Waals surface area contributed by atoms with E-state index in [0.717, 1.165) is 23.1 Å². The van der Waals surface area contributed by atoms with Crippen molar-refractivity contribution in [1.29, 1.82) is 0 Å². The first kappa shape index (κ1) is 15.1. The smallest absolute Gasteiger partial charge is 0.336 e. The van der Waals surface area contributed by atoms with Gasteiger partial charge in [0.1, 0.15) is 0 Å². The van der Waals surface area contributed by atoms with Gasteiger partial charge in [-0.15, -0.1) is 0 Å². The van der Waals surface area contributed by atoms with Crippen molar-refractivity contribution in [2.24, 2.45) is 0 Å². The molecule has 4 nitrogen and oxygen atoms in total. The number of carboxylic acids is 2. The standard InChI is InChI=1S/C21H14O4/c22-20(23)13-8-9-17(19(11-13)21(24)25)16-7-3-6-15-14-5-2-1-4-12(14)10-18(15)16/h1-9,11H,10H2,(H,22,23)(H,24,25). The minimum absolute atomic E-state index is 0.00394. The molecule has 0 aromatic heterocycles. The predicted octanol–water partition coefficient (Wildman–Crippen LogP) is 4.32. The van der Waals surface area contributed by atoms with E-state index in [9.17, 15) is 14.7 Å². The quantitative estimate of drug-likeness (QED) is 0.586. The number of carboxylic acid groups (broad SMARTS) is 2. The van der Waals surface area contributed by atoms with Crippen LogP contribution in [0.25, 0.3) is 22.3 Å². The molecule has 0 amide bonds. The van der Waals surface area contributed by atoms with Crippen molar-refractivity contribution in [2.45, 2.75) is 6.42 Å². The van der Waals surface area contributed by atoms with E-state index in [-0.39, 0.29) is 11.1 Å². The lowest BCUT2D eigenvalue weighted by Crippen LogP contribution is -2.05. The summed E-state index contributed by atoms with van der Waals surface area (Å²) in [6.45, 7) is 0. The molecule has 2 N–H and O–H groups in total. The highest BCUT2D eigenvalue weighted by atomic mass is 16.4. The first-order valence-electron chi connectivity index (χ1n) is 7.87. The summed E-state index contributed by atoms with van der Waals surface area (Å²) >= 11 is 0. The fourth-order valence-corrected chi connectivity index (χ4v) is 3.50. The molecule has 4 rings (SSSR count). The van der Waals surface area contributed by atoms with E-state index in [4.69, 9.17) is 5.11 Å². The van der Waals surface area contributed by atoms with Crippen molar-refractivity contribution < 1.29 is 19.8 Å². The zero-order valence-corrected chi connectivity index (χ0v) is 13.2. The molecule has 0 spiro atoms. The van der Waals surface area contributed by atoms with Crippen LogP contribution in [-0.4, -0.2) is 22.2 Å². The Hall–Kier alpha value is -3.40. The molecule has 3 aromatic carbocycles. The minimum Gasteiger partial charge on any atom is -0.478 e. The third kappa shape index (κ3) is 2.39. The van der Waals surface area contributed by atoms with Gasteiger partial charge in [0.05, 0.1) is 11.1 Å². The van der Waals surface area contributed by atoms with Crippen molar-refractivity contribution in [1.82, 2.24) is 0 Å². The van der Waals surface area contributed by atoms with E-state index in [1.54, 1.807) is 6.07 Å². The number of benzene rings is 3. The van der Waals surface area contributed by atoms with Gasteiger partial charge in [0.15, 0.2) is 0 Å². The Morgan fingerprint density at radius 2 is 1.40 bits per heavy atom. The van der Waals surface area contributed by atoms with Crippen molar-refractivity contribution >= 4 is 11.9 Å². The third-order valence-electron chi connectivity index (χ3n) is 4.64. The second kappa shape index (κ2) is 5.60. The zero-order valence-electron chi connectivity index (χ0n) is 13.2. The van der Waals surface area contributed by atoms with E-state index < -0.39 is 11.9 Å². The zero-order chi connectivity index (χ0) is 17.6. The van der Waals surface area contributed by atoms with Gasteiger partial charge in [-0.05, 0) is 51.9 Å². The average Bonchev–Trinajstić information content (AvgIpc) is 3.00. The number of hydrogen-bond acceptors (Lipinski definition) is 2. The Morgan fingerprint density at radius 3 is 2.12 bits per heavy atom. The maximum atomic E-state index is 11.7. The van der Waals surface area contributed by atoms with Gasteiger partial charge in [0.25, 0.3) is 0 Å². The average molecular weight is 330 g/mol. The highest BCUT2D eigenvalue weighted by Gasteiger charge is 2.23. The molecule has 1 aliphatic carbocycles. The van der Waals surface area contributed by atoms with Gasteiger partial charge in [-0.1, -0.05) is 48.5 Å². The molecule has 3 aromatic rings. The van der Waals surface area contributed by atoms with Crippen molar-refractivity contribution in [3.63, 3.8) is 0 Å². The summed E-state index contributed by atoms with van der Waals surface area (Å²) in [7, 11) is 0. The largest absolute Gasteiger partial charge is 0.478 e. The molecule has 4 heteroatoms. The summed E-state index contributed by atoms with van der Waals surface area (Å²) in [5.41, 5.74) is 5.91. The van der Waals surface area contributed by atoms with E-state index in [0.29, 0.717) is 5.56 Å². The van der Waals surface area contributed by atoms with Crippen LogP contribution >= 0.6 is 0 Å². The molecule has 1 aliphatic rings. The first-order chi connectivity index (χ1) is 12.1. The van der Waals surface area contributed by atoms with E-state index in [1.165, 1.54) is 23.3 Å². The number of rotatable bonds is 3. The number of carbonyl (C=O) groups is 2. The molecule has 0 unspecified atom stereocenters. The molecule has 0 heterocycles. The van der Waals surface area contributed by atoms with Crippen LogP contribution in [-0.2, 0) is 6.42 Å². The highest BCUT2D eigenvalue weighted by Crippen LogP contribution is 2.42. The number of aromatic carboxylic acids is 2. The summed E-state index contributed by atoms with van der Waals surface area (Å²) in [5, 5.41) is 18.7. The topological polar surface area (TPSA) is 74.6 Å². The number of hydrogen-bond donors (Lipinski definition) is 2. The van der Waals surface area contributed by atoms with Gasteiger partial charge in [-0.3, -0.25) is 0 Å². The fraction of sp³-hybridized carbons (Fsp3) is 0.0476. The number of fused-ring (bicyclic) bond motifs is 3. The van der Waals surface area contributed by atoms with Crippen LogP contribution in [0.1, 0.15) is 31.8 Å². The molecule has 0 atom stereocenters. The fourth-order valence-electron chi connectivity index (χ4n) is 3.50.